The summed E-state index contributed by atoms with van der Waals surface area (Å²) in [4.78, 5) is 42.8. The van der Waals surface area contributed by atoms with E-state index in [4.69, 9.17) is 9.98 Å². The Labute approximate surface area is 267 Å². The summed E-state index contributed by atoms with van der Waals surface area (Å²) in [6.45, 7) is 3.53. The van der Waals surface area contributed by atoms with Crippen molar-refractivity contribution in [1.82, 2.24) is 19.4 Å². The van der Waals surface area contributed by atoms with Gasteiger partial charge in [-0.05, 0) is 74.0 Å². The first kappa shape index (κ1) is 29.8. The molecule has 1 fully saturated rings. The second-order valence-electron chi connectivity index (χ2n) is 12.7. The van der Waals surface area contributed by atoms with Crippen LogP contribution in [-0.2, 0) is 16.9 Å². The Hall–Kier alpha value is -4.86. The molecular weight excluding hydrogens is 574 g/mol. The van der Waals surface area contributed by atoms with Crippen molar-refractivity contribution < 1.29 is 4.79 Å². The van der Waals surface area contributed by atoms with Crippen molar-refractivity contribution in [3.05, 3.63) is 135 Å². The highest BCUT2D eigenvalue weighted by Gasteiger charge is 2.35. The molecule has 1 atom stereocenters. The number of H-pyrrole nitrogens is 1. The topological polar surface area (TPSA) is 98.1 Å². The van der Waals surface area contributed by atoms with Crippen LogP contribution in [0.2, 0.25) is 0 Å². The van der Waals surface area contributed by atoms with E-state index in [1.54, 1.807) is 0 Å². The average Bonchev–Trinajstić information content (AvgIpc) is 3.40. The number of carbonyl (C=O) groups excluding carboxylic acids is 1. The Morgan fingerprint density at radius 1 is 0.913 bits per heavy atom. The number of rotatable bonds is 8. The van der Waals surface area contributed by atoms with Gasteiger partial charge < -0.3 is 15.2 Å². The molecule has 0 bridgehead atoms. The maximum Gasteiger partial charge on any atom is 0.326 e. The molecule has 2 aliphatic rings. The number of aromatic amines is 1. The van der Waals surface area contributed by atoms with Gasteiger partial charge in [-0.2, -0.15) is 0 Å². The summed E-state index contributed by atoms with van der Waals surface area (Å²) in [5, 5.41) is 4.58. The van der Waals surface area contributed by atoms with Gasteiger partial charge in [0.1, 0.15) is 5.54 Å². The van der Waals surface area contributed by atoms with E-state index in [2.05, 4.69) is 51.6 Å². The lowest BCUT2D eigenvalue weighted by Gasteiger charge is -2.33. The summed E-state index contributed by atoms with van der Waals surface area (Å²) in [6, 6.07) is 33.0. The third-order valence-corrected chi connectivity index (χ3v) is 9.14. The number of fused-ring (bicyclic) bond motifs is 2. The van der Waals surface area contributed by atoms with E-state index < -0.39 is 5.54 Å². The highest BCUT2D eigenvalue weighted by molar-refractivity contribution is 5.92. The Morgan fingerprint density at radius 3 is 2.39 bits per heavy atom. The van der Waals surface area contributed by atoms with E-state index in [9.17, 15) is 9.59 Å². The van der Waals surface area contributed by atoms with Crippen LogP contribution in [0.15, 0.2) is 112 Å². The fourth-order valence-electron chi connectivity index (χ4n) is 6.86. The van der Waals surface area contributed by atoms with E-state index in [0.29, 0.717) is 18.8 Å². The van der Waals surface area contributed by atoms with Gasteiger partial charge in [0.05, 0.1) is 34.8 Å². The van der Waals surface area contributed by atoms with Gasteiger partial charge in [-0.15, -0.1) is 0 Å². The average molecular weight is 614 g/mol. The van der Waals surface area contributed by atoms with Crippen LogP contribution in [0, 0.1) is 0 Å². The molecule has 2 N–H and O–H groups in total. The summed E-state index contributed by atoms with van der Waals surface area (Å²) in [5.74, 6) is -0.0706. The molecule has 9 nitrogen and oxygen atoms in total. The molecule has 7 rings (SSSR count). The van der Waals surface area contributed by atoms with Crippen molar-refractivity contribution in [2.45, 2.75) is 31.0 Å². The molecule has 1 unspecified atom stereocenters. The maximum atomic E-state index is 12.7. The second kappa shape index (κ2) is 12.5. The summed E-state index contributed by atoms with van der Waals surface area (Å²) >= 11 is 0. The SMILES string of the molecule is CN(C)CC(=O)Nc1ccc2c(c1)=NC(c1ccccc1)(c1ccc(CN3CCC(n4c(=O)[nH]c5ccccc54)CC3)cc1)CN=2. The summed E-state index contributed by atoms with van der Waals surface area (Å²) < 4.78 is 1.95. The Morgan fingerprint density at radius 2 is 1.63 bits per heavy atom. The summed E-state index contributed by atoms with van der Waals surface area (Å²) in [6.07, 6.45) is 1.88. The molecule has 5 aromatic rings. The number of para-hydroxylation sites is 2. The first-order valence-corrected chi connectivity index (χ1v) is 15.9. The smallest absolute Gasteiger partial charge is 0.325 e. The van der Waals surface area contributed by atoms with Crippen LogP contribution < -0.4 is 21.7 Å². The monoisotopic (exact) mass is 613 g/mol. The number of likely N-dealkylation sites (tertiary alicyclic amines) is 1. The molecule has 3 heterocycles. The first-order chi connectivity index (χ1) is 22.4. The number of nitrogens with one attached hydrogen (secondary N) is 2. The van der Waals surface area contributed by atoms with E-state index >= 15 is 0 Å². The molecule has 9 heteroatoms. The number of likely N-dealkylation sites (N-methyl/N-ethyl adjacent to an activating group) is 1. The number of amides is 1. The van der Waals surface area contributed by atoms with Crippen molar-refractivity contribution >= 4 is 22.6 Å². The summed E-state index contributed by atoms with van der Waals surface area (Å²) in [7, 11) is 3.75. The standard InChI is InChI=1S/C37H39N7O2/c1-42(2)24-35(45)39-29-16-17-31-33(22-29)41-37(25-38-31,27-8-4-3-5-9-27)28-14-12-26(13-15-28)23-43-20-18-30(19-21-43)44-34-11-7-6-10-32(34)40-36(44)46/h3-17,22,30H,18-21,23-25H2,1-2H3,(H,39,45)(H,40,46). The fourth-order valence-corrected chi connectivity index (χ4v) is 6.86. The molecule has 0 radical (unpaired) electrons. The first-order valence-electron chi connectivity index (χ1n) is 15.9. The number of anilines is 1. The van der Waals surface area contributed by atoms with Crippen LogP contribution in [0.4, 0.5) is 5.69 Å². The van der Waals surface area contributed by atoms with E-state index in [1.807, 2.05) is 84.2 Å². The molecule has 1 amide bonds. The number of nitrogens with zero attached hydrogens (tertiary/aromatic N) is 5. The van der Waals surface area contributed by atoms with Crippen LogP contribution in [0.25, 0.3) is 11.0 Å². The molecule has 1 saturated heterocycles. The second-order valence-corrected chi connectivity index (χ2v) is 12.7. The van der Waals surface area contributed by atoms with E-state index in [1.165, 1.54) is 5.56 Å². The molecule has 46 heavy (non-hydrogen) atoms. The Bertz CT molecular complexity index is 2040. The molecular formula is C37H39N7O2. The number of carbonyl (C=O) groups is 1. The Kier molecular flexibility index (Phi) is 8.11. The van der Waals surface area contributed by atoms with Crippen molar-refractivity contribution in [2.24, 2.45) is 9.98 Å². The van der Waals surface area contributed by atoms with Gasteiger partial charge in [-0.1, -0.05) is 66.7 Å². The number of aromatic nitrogens is 2. The third kappa shape index (κ3) is 5.91. The lowest BCUT2D eigenvalue weighted by Crippen LogP contribution is -2.41. The fraction of sp³-hybridized carbons (Fsp3) is 0.297. The quantitative estimate of drug-likeness (QED) is 0.278. The van der Waals surface area contributed by atoms with Crippen molar-refractivity contribution in [3.8, 4) is 0 Å². The highest BCUT2D eigenvalue weighted by atomic mass is 16.2. The highest BCUT2D eigenvalue weighted by Crippen LogP contribution is 2.35. The number of hydrogen-bond acceptors (Lipinski definition) is 6. The molecule has 0 aliphatic carbocycles. The molecule has 4 aromatic carbocycles. The lowest BCUT2D eigenvalue weighted by molar-refractivity contribution is -0.116. The van der Waals surface area contributed by atoms with Gasteiger partial charge in [0.15, 0.2) is 0 Å². The Balaban J connectivity index is 1.11. The predicted octanol–water partition coefficient (Wildman–Crippen LogP) is 3.86. The number of hydrogen-bond donors (Lipinski definition) is 2. The van der Waals surface area contributed by atoms with Crippen LogP contribution in [-0.4, -0.2) is 65.5 Å². The number of piperidine rings is 1. The molecule has 0 saturated carbocycles. The van der Waals surface area contributed by atoms with Crippen LogP contribution in [0.3, 0.4) is 0 Å². The number of imidazole rings is 1. The lowest BCUT2D eigenvalue weighted by atomic mass is 9.82. The zero-order valence-corrected chi connectivity index (χ0v) is 26.3. The summed E-state index contributed by atoms with van der Waals surface area (Å²) in [5.41, 5.74) is 5.30. The van der Waals surface area contributed by atoms with Gasteiger partial charge >= 0.3 is 5.69 Å². The van der Waals surface area contributed by atoms with E-state index in [0.717, 1.165) is 65.4 Å². The zero-order chi connectivity index (χ0) is 31.7. The third-order valence-electron chi connectivity index (χ3n) is 9.14. The minimum absolute atomic E-state index is 0.0182. The predicted molar refractivity (Wildman–Crippen MR) is 181 cm³/mol. The van der Waals surface area contributed by atoms with Crippen molar-refractivity contribution in [3.63, 3.8) is 0 Å². The minimum Gasteiger partial charge on any atom is -0.325 e. The van der Waals surface area contributed by atoms with Crippen molar-refractivity contribution in [2.75, 3.05) is 45.6 Å². The van der Waals surface area contributed by atoms with E-state index in [-0.39, 0.29) is 17.6 Å². The van der Waals surface area contributed by atoms with Crippen molar-refractivity contribution in [1.29, 1.82) is 0 Å². The van der Waals surface area contributed by atoms with Gasteiger partial charge in [-0.3, -0.25) is 24.2 Å². The van der Waals surface area contributed by atoms with Gasteiger partial charge in [-0.25, -0.2) is 4.79 Å². The van der Waals surface area contributed by atoms with Gasteiger partial charge in [0.2, 0.25) is 5.91 Å². The molecule has 0 spiro atoms. The van der Waals surface area contributed by atoms with Gasteiger partial charge in [0.25, 0.3) is 0 Å². The van der Waals surface area contributed by atoms with Gasteiger partial charge in [0, 0.05) is 31.4 Å². The molecule has 2 aliphatic heterocycles. The maximum absolute atomic E-state index is 12.7. The minimum atomic E-state index is -0.677. The normalized spacial score (nSPS) is 18.6. The molecule has 234 valence electrons. The van der Waals surface area contributed by atoms with Crippen LogP contribution in [0.1, 0.15) is 35.6 Å². The number of benzene rings is 4. The van der Waals surface area contributed by atoms with Crippen LogP contribution in [0.5, 0.6) is 0 Å². The zero-order valence-electron chi connectivity index (χ0n) is 26.3. The van der Waals surface area contributed by atoms with Crippen LogP contribution >= 0.6 is 0 Å². The molecule has 1 aromatic heterocycles. The largest absolute Gasteiger partial charge is 0.326 e.